The van der Waals surface area contributed by atoms with Gasteiger partial charge in [-0.25, -0.2) is 12.7 Å². The summed E-state index contributed by atoms with van der Waals surface area (Å²) >= 11 is 1.63. The Hall–Kier alpha value is -1.68. The molecule has 0 amide bonds. The molecule has 1 heterocycles. The first-order chi connectivity index (χ1) is 10.0. The fourth-order valence-corrected chi connectivity index (χ4v) is 3.76. The first-order valence-corrected chi connectivity index (χ1v) is 8.95. The first kappa shape index (κ1) is 15.7. The Morgan fingerprint density at radius 1 is 1.24 bits per heavy atom. The number of sulfonamides is 1. The standard InChI is InChI=1S/C15H16N2O2S2/c1-17(9-8-15-3-2-10-20-15)21(18,19)12-14-6-4-13(11-16)5-7-14/h2-7,10H,8-9,12H2,1H3. The van der Waals surface area contributed by atoms with E-state index in [-0.39, 0.29) is 5.75 Å². The van der Waals surface area contributed by atoms with Crippen molar-refractivity contribution in [2.75, 3.05) is 13.6 Å². The number of thiophene rings is 1. The number of hydrogen-bond acceptors (Lipinski definition) is 4. The molecule has 110 valence electrons. The van der Waals surface area contributed by atoms with Crippen molar-refractivity contribution >= 4 is 21.4 Å². The smallest absolute Gasteiger partial charge is 0.212 e. The lowest BCUT2D eigenvalue weighted by atomic mass is 10.2. The van der Waals surface area contributed by atoms with Crippen LogP contribution in [0.4, 0.5) is 0 Å². The Bertz CT molecular complexity index is 714. The van der Waals surface area contributed by atoms with Gasteiger partial charge in [-0.05, 0) is 35.6 Å². The highest BCUT2D eigenvalue weighted by molar-refractivity contribution is 7.88. The van der Waals surface area contributed by atoms with E-state index in [1.807, 2.05) is 23.6 Å². The highest BCUT2D eigenvalue weighted by Crippen LogP contribution is 2.13. The highest BCUT2D eigenvalue weighted by Gasteiger charge is 2.18. The summed E-state index contributed by atoms with van der Waals surface area (Å²) < 4.78 is 26.0. The van der Waals surface area contributed by atoms with Crippen molar-refractivity contribution in [3.63, 3.8) is 0 Å². The van der Waals surface area contributed by atoms with E-state index in [4.69, 9.17) is 5.26 Å². The maximum absolute atomic E-state index is 12.3. The Morgan fingerprint density at radius 2 is 1.95 bits per heavy atom. The molecule has 2 rings (SSSR count). The Kier molecular flexibility index (Phi) is 5.12. The summed E-state index contributed by atoms with van der Waals surface area (Å²) in [4.78, 5) is 1.18. The van der Waals surface area contributed by atoms with Gasteiger partial charge in [-0.2, -0.15) is 5.26 Å². The average molecular weight is 320 g/mol. The molecule has 0 N–H and O–H groups in total. The van der Waals surface area contributed by atoms with Crippen LogP contribution in [0.2, 0.25) is 0 Å². The molecule has 0 unspecified atom stereocenters. The van der Waals surface area contributed by atoms with E-state index >= 15 is 0 Å². The summed E-state index contributed by atoms with van der Waals surface area (Å²) in [7, 11) is -1.73. The van der Waals surface area contributed by atoms with Crippen LogP contribution in [-0.4, -0.2) is 26.3 Å². The molecule has 21 heavy (non-hydrogen) atoms. The molecule has 0 aliphatic carbocycles. The number of hydrogen-bond donors (Lipinski definition) is 0. The molecule has 0 saturated heterocycles. The third kappa shape index (κ3) is 4.39. The van der Waals surface area contributed by atoms with Crippen LogP contribution in [0.25, 0.3) is 0 Å². The predicted octanol–water partition coefficient (Wildman–Crippen LogP) is 2.62. The van der Waals surface area contributed by atoms with Gasteiger partial charge in [-0.3, -0.25) is 0 Å². The van der Waals surface area contributed by atoms with Crippen LogP contribution in [0.5, 0.6) is 0 Å². The molecule has 0 spiro atoms. The lowest BCUT2D eigenvalue weighted by Crippen LogP contribution is -2.30. The van der Waals surface area contributed by atoms with Crippen molar-refractivity contribution in [2.24, 2.45) is 0 Å². The van der Waals surface area contributed by atoms with E-state index in [0.717, 1.165) is 6.42 Å². The van der Waals surface area contributed by atoms with Crippen LogP contribution >= 0.6 is 11.3 Å². The number of nitrogens with zero attached hydrogens (tertiary/aromatic N) is 2. The van der Waals surface area contributed by atoms with E-state index < -0.39 is 10.0 Å². The monoisotopic (exact) mass is 320 g/mol. The molecule has 4 nitrogen and oxygen atoms in total. The van der Waals surface area contributed by atoms with Crippen LogP contribution in [0.1, 0.15) is 16.0 Å². The molecule has 0 aliphatic rings. The minimum absolute atomic E-state index is 0.0420. The summed E-state index contributed by atoms with van der Waals surface area (Å²) in [6.45, 7) is 0.471. The Morgan fingerprint density at radius 3 is 2.52 bits per heavy atom. The van der Waals surface area contributed by atoms with Crippen molar-refractivity contribution in [1.29, 1.82) is 5.26 Å². The molecule has 2 aromatic rings. The topological polar surface area (TPSA) is 61.2 Å². The molecule has 1 aromatic carbocycles. The van der Waals surface area contributed by atoms with Gasteiger partial charge in [0, 0.05) is 18.5 Å². The predicted molar refractivity (Wildman–Crippen MR) is 84.4 cm³/mol. The van der Waals surface area contributed by atoms with Gasteiger partial charge in [-0.1, -0.05) is 18.2 Å². The summed E-state index contributed by atoms with van der Waals surface area (Å²) in [5.74, 6) is -0.0420. The summed E-state index contributed by atoms with van der Waals surface area (Å²) in [5, 5.41) is 10.7. The minimum Gasteiger partial charge on any atom is -0.212 e. The second-order valence-electron chi connectivity index (χ2n) is 4.72. The maximum Gasteiger partial charge on any atom is 0.218 e. The van der Waals surface area contributed by atoms with Gasteiger partial charge in [0.25, 0.3) is 0 Å². The molecular formula is C15H16N2O2S2. The SMILES string of the molecule is CN(CCc1cccs1)S(=O)(=O)Cc1ccc(C#N)cc1. The van der Waals surface area contributed by atoms with E-state index in [2.05, 4.69) is 0 Å². The number of likely N-dealkylation sites (N-methyl/N-ethyl adjacent to an activating group) is 1. The van der Waals surface area contributed by atoms with Crippen molar-refractivity contribution in [3.05, 3.63) is 57.8 Å². The number of nitriles is 1. The zero-order valence-electron chi connectivity index (χ0n) is 11.7. The van der Waals surface area contributed by atoms with Gasteiger partial charge in [0.15, 0.2) is 0 Å². The molecule has 0 saturated carbocycles. The number of rotatable bonds is 6. The average Bonchev–Trinajstić information content (AvgIpc) is 2.98. The zero-order valence-corrected chi connectivity index (χ0v) is 13.3. The largest absolute Gasteiger partial charge is 0.218 e. The minimum atomic E-state index is -3.33. The van der Waals surface area contributed by atoms with Crippen molar-refractivity contribution in [3.8, 4) is 6.07 Å². The van der Waals surface area contributed by atoms with Crippen LogP contribution in [0.3, 0.4) is 0 Å². The third-order valence-electron chi connectivity index (χ3n) is 3.16. The van der Waals surface area contributed by atoms with Crippen molar-refractivity contribution in [2.45, 2.75) is 12.2 Å². The van der Waals surface area contributed by atoms with Gasteiger partial charge >= 0.3 is 0 Å². The second-order valence-corrected chi connectivity index (χ2v) is 7.82. The lowest BCUT2D eigenvalue weighted by Gasteiger charge is -2.16. The Balaban J connectivity index is 1.98. The number of benzene rings is 1. The molecule has 0 fully saturated rings. The fraction of sp³-hybridized carbons (Fsp3) is 0.267. The molecule has 0 atom stereocenters. The van der Waals surface area contributed by atoms with Gasteiger partial charge < -0.3 is 0 Å². The molecular weight excluding hydrogens is 304 g/mol. The molecule has 0 radical (unpaired) electrons. The van der Waals surface area contributed by atoms with Gasteiger partial charge in [0.1, 0.15) is 0 Å². The lowest BCUT2D eigenvalue weighted by molar-refractivity contribution is 0.472. The molecule has 0 aliphatic heterocycles. The molecule has 6 heteroatoms. The third-order valence-corrected chi connectivity index (χ3v) is 5.93. The normalized spacial score (nSPS) is 11.5. The van der Waals surface area contributed by atoms with Crippen LogP contribution in [-0.2, 0) is 22.2 Å². The maximum atomic E-state index is 12.3. The van der Waals surface area contributed by atoms with Gasteiger partial charge in [0.2, 0.25) is 10.0 Å². The van der Waals surface area contributed by atoms with Crippen LogP contribution < -0.4 is 0 Å². The van der Waals surface area contributed by atoms with E-state index in [9.17, 15) is 8.42 Å². The van der Waals surface area contributed by atoms with E-state index in [1.54, 1.807) is 42.6 Å². The molecule has 0 bridgehead atoms. The second kappa shape index (κ2) is 6.85. The fourth-order valence-electron chi connectivity index (χ4n) is 1.86. The van der Waals surface area contributed by atoms with E-state index in [0.29, 0.717) is 17.7 Å². The zero-order chi connectivity index (χ0) is 15.3. The summed E-state index contributed by atoms with van der Waals surface area (Å²) in [6.07, 6.45) is 0.723. The summed E-state index contributed by atoms with van der Waals surface area (Å²) in [6, 6.07) is 12.6. The van der Waals surface area contributed by atoms with Gasteiger partial charge in [-0.15, -0.1) is 11.3 Å². The molecule has 1 aromatic heterocycles. The van der Waals surface area contributed by atoms with Crippen LogP contribution in [0.15, 0.2) is 41.8 Å². The van der Waals surface area contributed by atoms with Crippen molar-refractivity contribution < 1.29 is 8.42 Å². The van der Waals surface area contributed by atoms with Gasteiger partial charge in [0.05, 0.1) is 17.4 Å². The first-order valence-electron chi connectivity index (χ1n) is 6.47. The van der Waals surface area contributed by atoms with Crippen molar-refractivity contribution in [1.82, 2.24) is 4.31 Å². The highest BCUT2D eigenvalue weighted by atomic mass is 32.2. The summed E-state index contributed by atoms with van der Waals surface area (Å²) in [5.41, 5.74) is 1.22. The van der Waals surface area contributed by atoms with Crippen LogP contribution in [0, 0.1) is 11.3 Å². The quantitative estimate of drug-likeness (QED) is 0.822. The van der Waals surface area contributed by atoms with E-state index in [1.165, 1.54) is 9.18 Å². The Labute approximate surface area is 129 Å².